The second-order valence-electron chi connectivity index (χ2n) is 14.5. The van der Waals surface area contributed by atoms with Crippen LogP contribution in [0.3, 0.4) is 0 Å². The Balaban J connectivity index is 1.29. The van der Waals surface area contributed by atoms with Crippen molar-refractivity contribution in [3.8, 4) is 22.6 Å². The summed E-state index contributed by atoms with van der Waals surface area (Å²) < 4.78 is 51.6. The van der Waals surface area contributed by atoms with Crippen LogP contribution in [-0.4, -0.2) is 140 Å². The molecule has 0 aromatic heterocycles. The van der Waals surface area contributed by atoms with E-state index in [1.165, 1.54) is 41.3 Å². The van der Waals surface area contributed by atoms with E-state index in [-0.39, 0.29) is 22.6 Å². The zero-order valence-corrected chi connectivity index (χ0v) is 32.3. The summed E-state index contributed by atoms with van der Waals surface area (Å²) in [4.78, 5) is 39.3. The number of ether oxygens (including phenoxy) is 4. The summed E-state index contributed by atoms with van der Waals surface area (Å²) in [6.07, 6.45) is -21.6. The number of aliphatic carboxylic acids is 2. The number of aliphatic hydroxyl groups excluding tert-OH is 6. The van der Waals surface area contributed by atoms with Crippen LogP contribution in [-0.2, 0) is 39.4 Å². The molecule has 0 radical (unpaired) electrons. The molecule has 0 saturated carbocycles. The predicted molar refractivity (Wildman–Crippen MR) is 206 cm³/mol. The number of phenols is 1. The fraction of sp³-hybridized carbons (Fsp3) is 0.341. The van der Waals surface area contributed by atoms with E-state index in [2.05, 4.69) is 0 Å². The Morgan fingerprint density at radius 3 is 1.92 bits per heavy atom. The number of carbonyl (C=O) groups is 3. The van der Waals surface area contributed by atoms with Gasteiger partial charge in [-0.15, -0.1) is 0 Å². The third-order valence-electron chi connectivity index (χ3n) is 10.6. The highest BCUT2D eigenvalue weighted by Gasteiger charge is 2.55. The maximum Gasteiger partial charge on any atom is 0.335 e. The summed E-state index contributed by atoms with van der Waals surface area (Å²) in [5, 5.41) is 91.4. The molecule has 3 aliphatic rings. The monoisotopic (exact) mass is 869 g/mol. The van der Waals surface area contributed by atoms with E-state index < -0.39 is 119 Å². The van der Waals surface area contributed by atoms with Crippen molar-refractivity contribution in [2.24, 2.45) is 0 Å². The second kappa shape index (κ2) is 17.9. The molecular formula is C41H40FNO17S. The zero-order valence-electron chi connectivity index (χ0n) is 31.5. The van der Waals surface area contributed by atoms with Crippen LogP contribution in [0.1, 0.15) is 23.3 Å². The maximum atomic E-state index is 14.7. The van der Waals surface area contributed by atoms with Crippen LogP contribution in [0.2, 0.25) is 0 Å². The van der Waals surface area contributed by atoms with Crippen LogP contribution in [0, 0.1) is 5.82 Å². The average Bonchev–Trinajstić information content (AvgIpc) is 3.23. The van der Waals surface area contributed by atoms with Gasteiger partial charge in [-0.05, 0) is 59.2 Å². The summed E-state index contributed by atoms with van der Waals surface area (Å²) in [5.41, 5.74) is 1.45. The topological polar surface area (TPSA) is 291 Å². The van der Waals surface area contributed by atoms with Gasteiger partial charge in [0.2, 0.25) is 12.2 Å². The third kappa shape index (κ3) is 8.73. The number of β-lactam (4-membered cyclic amide) rings is 1. The van der Waals surface area contributed by atoms with Crippen LogP contribution >= 0.6 is 0 Å². The lowest BCUT2D eigenvalue weighted by Gasteiger charge is -2.47. The van der Waals surface area contributed by atoms with Crippen molar-refractivity contribution in [2.75, 3.05) is 10.7 Å². The van der Waals surface area contributed by atoms with Gasteiger partial charge >= 0.3 is 11.9 Å². The molecule has 7 unspecified atom stereocenters. The Labute approximate surface area is 347 Å². The van der Waals surface area contributed by atoms with Gasteiger partial charge in [0.05, 0.1) is 17.9 Å². The highest BCUT2D eigenvalue weighted by atomic mass is 32.2. The first kappa shape index (κ1) is 43.7. The number of phenolic OH excluding ortho intramolecular Hbond substituents is 1. The molecule has 9 N–H and O–H groups in total. The highest BCUT2D eigenvalue weighted by molar-refractivity contribution is 7.86. The zero-order chi connectivity index (χ0) is 43.9. The average molecular weight is 870 g/mol. The van der Waals surface area contributed by atoms with Crippen LogP contribution in [0.4, 0.5) is 10.1 Å². The van der Waals surface area contributed by atoms with E-state index in [1.807, 2.05) is 0 Å². The van der Waals surface area contributed by atoms with Crippen molar-refractivity contribution in [3.05, 3.63) is 114 Å². The molecular weight excluding hydrogens is 830 g/mol. The lowest BCUT2D eigenvalue weighted by Crippen LogP contribution is -2.62. The molecule has 0 spiro atoms. The second-order valence-corrected chi connectivity index (χ2v) is 16.1. The molecule has 0 aliphatic carbocycles. The van der Waals surface area contributed by atoms with Gasteiger partial charge in [-0.25, -0.2) is 14.0 Å². The first-order chi connectivity index (χ1) is 29.0. The van der Waals surface area contributed by atoms with E-state index in [0.717, 1.165) is 12.1 Å². The molecule has 61 heavy (non-hydrogen) atoms. The number of carboxylic acid groups (broad SMARTS) is 2. The number of anilines is 1. The number of amides is 1. The standard InChI is InChI=1S/C41H40FNO17S/c42-21-12-9-18(10-13-21)26(58-41-33(50)29(46)31(48)35(60-41)39(54)55)17-61(56)36-27(43(37(36)51)22-6-2-1-3-7-22)24-14-11-20(19-5-4-8-23(44)15-19)16-25(24)57-40-32(49)28(45)30(47)34(59-40)38(52)53/h1-16,26-36,40-41,44-50H,17H2,(H,52,53)(H,54,55)/t26-,27+,28?,29-,30?,31+,32?,33?,34?,35?,36+,40+,41+,61?/m0/s1. The molecule has 20 heteroatoms. The molecule has 3 fully saturated rings. The molecule has 4 aromatic carbocycles. The SMILES string of the molecule is O=C(O)C1O[C@@H](Oc2cc(-c3cccc(O)c3)ccc2[C@@H]2[C@@H](S(=O)C[C@H](O[C@@H]3OC(C(=O)O)[C@H](O)[C@H](O)C3O)c3ccc(F)cc3)C(=O)N2c2ccccc2)C(O)C(O)C1O. The number of hydrogen-bond acceptors (Lipinski definition) is 15. The van der Waals surface area contributed by atoms with Crippen molar-refractivity contribution in [2.45, 2.75) is 78.8 Å². The van der Waals surface area contributed by atoms with Crippen molar-refractivity contribution in [1.29, 1.82) is 0 Å². The highest BCUT2D eigenvalue weighted by Crippen LogP contribution is 2.47. The van der Waals surface area contributed by atoms with E-state index in [0.29, 0.717) is 16.8 Å². The predicted octanol–water partition coefficient (Wildman–Crippen LogP) is 0.325. The number of aliphatic hydroxyl groups is 6. The first-order valence-corrected chi connectivity index (χ1v) is 20.0. The Morgan fingerprint density at radius 2 is 1.31 bits per heavy atom. The molecule has 324 valence electrons. The first-order valence-electron chi connectivity index (χ1n) is 18.7. The van der Waals surface area contributed by atoms with Gasteiger partial charge in [0.15, 0.2) is 18.5 Å². The van der Waals surface area contributed by atoms with Gasteiger partial charge < -0.3 is 69.8 Å². The number of aromatic hydroxyl groups is 1. The van der Waals surface area contributed by atoms with Gasteiger partial charge in [0, 0.05) is 22.1 Å². The molecule has 7 rings (SSSR count). The Bertz CT molecular complexity index is 2270. The number of nitrogens with zero attached hydrogens (tertiary/aromatic N) is 1. The summed E-state index contributed by atoms with van der Waals surface area (Å²) in [6.45, 7) is 0. The van der Waals surface area contributed by atoms with Crippen molar-refractivity contribution in [3.63, 3.8) is 0 Å². The lowest BCUT2D eigenvalue weighted by atomic mass is 9.90. The van der Waals surface area contributed by atoms with E-state index in [4.69, 9.17) is 18.9 Å². The fourth-order valence-electron chi connectivity index (χ4n) is 7.39. The maximum absolute atomic E-state index is 14.7. The Hall–Kier alpha value is -5.39. The minimum atomic E-state index is -2.30. The number of hydrogen-bond donors (Lipinski definition) is 9. The van der Waals surface area contributed by atoms with Crippen LogP contribution in [0.15, 0.2) is 97.1 Å². The molecule has 3 saturated heterocycles. The van der Waals surface area contributed by atoms with Crippen molar-refractivity contribution < 1.29 is 87.9 Å². The van der Waals surface area contributed by atoms with Gasteiger partial charge in [-0.2, -0.15) is 0 Å². The van der Waals surface area contributed by atoms with Crippen LogP contribution < -0.4 is 9.64 Å². The van der Waals surface area contributed by atoms with E-state index in [1.54, 1.807) is 48.5 Å². The van der Waals surface area contributed by atoms with Crippen molar-refractivity contribution in [1.82, 2.24) is 0 Å². The summed E-state index contributed by atoms with van der Waals surface area (Å²) in [5.74, 6) is -5.56. The number of benzene rings is 4. The number of carbonyl (C=O) groups excluding carboxylic acids is 1. The number of halogens is 1. The molecule has 1 amide bonds. The van der Waals surface area contributed by atoms with E-state index >= 15 is 0 Å². The normalized spacial score (nSPS) is 31.1. The summed E-state index contributed by atoms with van der Waals surface area (Å²) >= 11 is 0. The lowest BCUT2D eigenvalue weighted by molar-refractivity contribution is -0.303. The van der Waals surface area contributed by atoms with Crippen molar-refractivity contribution >= 4 is 34.3 Å². The molecule has 4 aromatic rings. The van der Waals surface area contributed by atoms with Crippen LogP contribution in [0.5, 0.6) is 11.5 Å². The third-order valence-corrected chi connectivity index (χ3v) is 12.3. The summed E-state index contributed by atoms with van der Waals surface area (Å²) in [7, 11) is -2.30. The van der Waals surface area contributed by atoms with E-state index in [9.17, 15) is 68.9 Å². The Kier molecular flexibility index (Phi) is 12.8. The number of para-hydroxylation sites is 1. The van der Waals surface area contributed by atoms with Gasteiger partial charge in [-0.3, -0.25) is 9.00 Å². The molecule has 3 heterocycles. The quantitative estimate of drug-likeness (QED) is 0.0818. The molecule has 3 aliphatic heterocycles. The Morgan fingerprint density at radius 1 is 0.721 bits per heavy atom. The minimum Gasteiger partial charge on any atom is -0.508 e. The van der Waals surface area contributed by atoms with Gasteiger partial charge in [0.1, 0.15) is 59.2 Å². The minimum absolute atomic E-state index is 0.0972. The van der Waals surface area contributed by atoms with Crippen LogP contribution in [0.25, 0.3) is 11.1 Å². The smallest absolute Gasteiger partial charge is 0.335 e. The molecule has 0 bridgehead atoms. The summed E-state index contributed by atoms with van der Waals surface area (Å²) in [6, 6.07) is 22.1. The molecule has 14 atom stereocenters. The number of rotatable bonds is 13. The number of carboxylic acids is 2. The van der Waals surface area contributed by atoms with Gasteiger partial charge in [0.25, 0.3) is 0 Å². The largest absolute Gasteiger partial charge is 0.508 e. The fourth-order valence-corrected chi connectivity index (χ4v) is 9.06. The molecule has 18 nitrogen and oxygen atoms in total. The van der Waals surface area contributed by atoms with Gasteiger partial charge in [-0.1, -0.05) is 54.6 Å².